The normalized spacial score (nSPS) is 16.2. The van der Waals surface area contributed by atoms with E-state index >= 15 is 0 Å². The number of ether oxygens (including phenoxy) is 1. The lowest BCUT2D eigenvalue weighted by Gasteiger charge is -2.17. The molecule has 6 heteroatoms. The Labute approximate surface area is 152 Å². The zero-order valence-electron chi connectivity index (χ0n) is 13.1. The van der Waals surface area contributed by atoms with E-state index in [1.165, 1.54) is 23.3 Å². The maximum atomic E-state index is 13.0. The minimum atomic E-state index is -0.511. The van der Waals surface area contributed by atoms with E-state index in [0.29, 0.717) is 22.5 Å². The number of carbonyl (C=O) groups excluding carboxylic acids is 2. The monoisotopic (exact) mass is 403 g/mol. The van der Waals surface area contributed by atoms with Crippen LogP contribution in [-0.4, -0.2) is 19.0 Å². The number of benzene rings is 1. The summed E-state index contributed by atoms with van der Waals surface area (Å²) in [6, 6.07) is 11.2. The van der Waals surface area contributed by atoms with Gasteiger partial charge >= 0.3 is 5.97 Å². The van der Waals surface area contributed by atoms with Crippen LogP contribution in [0.5, 0.6) is 0 Å². The van der Waals surface area contributed by atoms with Crippen molar-refractivity contribution in [1.29, 1.82) is 0 Å². The molecule has 0 bridgehead atoms. The van der Waals surface area contributed by atoms with Crippen LogP contribution in [0.25, 0.3) is 6.08 Å². The van der Waals surface area contributed by atoms with Gasteiger partial charge in [-0.15, -0.1) is 11.3 Å². The number of rotatable bonds is 3. The van der Waals surface area contributed by atoms with Crippen molar-refractivity contribution in [2.75, 3.05) is 12.0 Å². The molecule has 0 saturated heterocycles. The van der Waals surface area contributed by atoms with Crippen LogP contribution in [-0.2, 0) is 14.3 Å². The average molecular weight is 404 g/mol. The first-order chi connectivity index (χ1) is 11.5. The van der Waals surface area contributed by atoms with Crippen LogP contribution in [0, 0.1) is 0 Å². The van der Waals surface area contributed by atoms with E-state index in [-0.39, 0.29) is 5.91 Å². The van der Waals surface area contributed by atoms with Crippen LogP contribution in [0.3, 0.4) is 0 Å². The highest BCUT2D eigenvalue weighted by molar-refractivity contribution is 9.10. The SMILES string of the molecule is COC(=O)C1=C(C)N(c2ccc(Br)cc2)C(=O)/C1=C\c1cccs1. The van der Waals surface area contributed by atoms with Crippen molar-refractivity contribution in [1.82, 2.24) is 0 Å². The van der Waals surface area contributed by atoms with Crippen LogP contribution in [0.15, 0.2) is 63.1 Å². The number of carbonyl (C=O) groups is 2. The van der Waals surface area contributed by atoms with E-state index in [4.69, 9.17) is 4.74 Å². The largest absolute Gasteiger partial charge is 0.465 e. The molecule has 1 aliphatic rings. The molecular weight excluding hydrogens is 390 g/mol. The van der Waals surface area contributed by atoms with Gasteiger partial charge < -0.3 is 4.74 Å². The summed E-state index contributed by atoms with van der Waals surface area (Å²) in [7, 11) is 1.32. The molecule has 0 saturated carbocycles. The number of amides is 1. The van der Waals surface area contributed by atoms with E-state index in [1.54, 1.807) is 13.0 Å². The number of esters is 1. The van der Waals surface area contributed by atoms with Crippen molar-refractivity contribution in [3.8, 4) is 0 Å². The predicted molar refractivity (Wildman–Crippen MR) is 98.6 cm³/mol. The molecule has 1 aromatic heterocycles. The Hall–Kier alpha value is -2.18. The first kappa shape index (κ1) is 16.7. The van der Waals surface area contributed by atoms with Gasteiger partial charge in [0.15, 0.2) is 0 Å². The first-order valence-electron chi connectivity index (χ1n) is 7.17. The molecule has 122 valence electrons. The first-order valence-corrected chi connectivity index (χ1v) is 8.85. The maximum Gasteiger partial charge on any atom is 0.340 e. The van der Waals surface area contributed by atoms with Gasteiger partial charge in [0.05, 0.1) is 18.3 Å². The summed E-state index contributed by atoms with van der Waals surface area (Å²) < 4.78 is 5.80. The zero-order valence-corrected chi connectivity index (χ0v) is 15.5. The third kappa shape index (κ3) is 2.95. The van der Waals surface area contributed by atoms with Gasteiger partial charge in [0.1, 0.15) is 0 Å². The molecule has 4 nitrogen and oxygen atoms in total. The Morgan fingerprint density at radius 3 is 2.54 bits per heavy atom. The number of hydrogen-bond donors (Lipinski definition) is 0. The van der Waals surface area contributed by atoms with Crippen LogP contribution in [0.2, 0.25) is 0 Å². The Kier molecular flexibility index (Phi) is 4.69. The second-order valence-electron chi connectivity index (χ2n) is 5.14. The van der Waals surface area contributed by atoms with Crippen molar-refractivity contribution in [2.24, 2.45) is 0 Å². The van der Waals surface area contributed by atoms with E-state index in [9.17, 15) is 9.59 Å². The van der Waals surface area contributed by atoms with Crippen molar-refractivity contribution in [3.63, 3.8) is 0 Å². The lowest BCUT2D eigenvalue weighted by atomic mass is 10.1. The van der Waals surface area contributed by atoms with E-state index < -0.39 is 5.97 Å². The summed E-state index contributed by atoms with van der Waals surface area (Å²) in [4.78, 5) is 27.6. The van der Waals surface area contributed by atoms with E-state index in [2.05, 4.69) is 15.9 Å². The molecular formula is C18H14BrNO3S. The molecule has 1 aromatic carbocycles. The van der Waals surface area contributed by atoms with Gasteiger partial charge in [-0.2, -0.15) is 0 Å². The molecule has 1 amide bonds. The Bertz CT molecular complexity index is 851. The lowest BCUT2D eigenvalue weighted by molar-refractivity contribution is -0.136. The smallest absolute Gasteiger partial charge is 0.340 e. The van der Waals surface area contributed by atoms with Crippen molar-refractivity contribution in [2.45, 2.75) is 6.92 Å². The molecule has 0 N–H and O–H groups in total. The second kappa shape index (κ2) is 6.75. The van der Waals surface area contributed by atoms with E-state index in [1.807, 2.05) is 41.8 Å². The highest BCUT2D eigenvalue weighted by atomic mass is 79.9. The fourth-order valence-electron chi connectivity index (χ4n) is 2.60. The Morgan fingerprint density at radius 2 is 1.96 bits per heavy atom. The van der Waals surface area contributed by atoms with Crippen molar-refractivity contribution in [3.05, 3.63) is 68.0 Å². The highest BCUT2D eigenvalue weighted by Crippen LogP contribution is 2.36. The third-order valence-corrected chi connectivity index (χ3v) is 5.05. The molecule has 0 radical (unpaired) electrons. The van der Waals surface area contributed by atoms with Crippen molar-refractivity contribution >= 4 is 50.9 Å². The molecule has 0 unspecified atom stereocenters. The van der Waals surface area contributed by atoms with Gasteiger partial charge in [0.25, 0.3) is 5.91 Å². The van der Waals surface area contributed by atoms with Crippen LogP contribution >= 0.6 is 27.3 Å². The minimum absolute atomic E-state index is 0.233. The topological polar surface area (TPSA) is 46.6 Å². The fraction of sp³-hybridized carbons (Fsp3) is 0.111. The standard InChI is InChI=1S/C18H14BrNO3S/c1-11-16(18(22)23-2)15(10-14-4-3-9-24-14)17(21)20(11)13-7-5-12(19)6-8-13/h3-10H,1-2H3/b15-10-. The molecule has 0 spiro atoms. The van der Waals surface area contributed by atoms with Gasteiger partial charge in [0, 0.05) is 20.7 Å². The Morgan fingerprint density at radius 1 is 1.25 bits per heavy atom. The Balaban J connectivity index is 2.12. The second-order valence-corrected chi connectivity index (χ2v) is 7.04. The summed E-state index contributed by atoms with van der Waals surface area (Å²) in [5, 5.41) is 1.92. The minimum Gasteiger partial charge on any atom is -0.465 e. The summed E-state index contributed by atoms with van der Waals surface area (Å²) in [5.41, 5.74) is 1.93. The van der Waals surface area contributed by atoms with Crippen LogP contribution < -0.4 is 4.90 Å². The number of halogens is 1. The average Bonchev–Trinajstić information content (AvgIpc) is 3.16. The summed E-state index contributed by atoms with van der Waals surface area (Å²) in [6.45, 7) is 1.75. The molecule has 0 aliphatic carbocycles. The zero-order chi connectivity index (χ0) is 17.3. The molecule has 0 fully saturated rings. The van der Waals surface area contributed by atoms with Gasteiger partial charge in [-0.1, -0.05) is 22.0 Å². The molecule has 0 atom stereocenters. The maximum absolute atomic E-state index is 13.0. The molecule has 3 rings (SSSR count). The number of thiophene rings is 1. The van der Waals surface area contributed by atoms with Gasteiger partial charge in [0.2, 0.25) is 0 Å². The van der Waals surface area contributed by atoms with Crippen LogP contribution in [0.4, 0.5) is 5.69 Å². The third-order valence-electron chi connectivity index (χ3n) is 3.70. The summed E-state index contributed by atoms with van der Waals surface area (Å²) in [5.74, 6) is -0.744. The number of anilines is 1. The van der Waals surface area contributed by atoms with E-state index in [0.717, 1.165) is 9.35 Å². The van der Waals surface area contributed by atoms with Crippen molar-refractivity contribution < 1.29 is 14.3 Å². The predicted octanol–water partition coefficient (Wildman–Crippen LogP) is 4.39. The molecule has 2 aromatic rings. The number of methoxy groups -OCH3 is 1. The number of hydrogen-bond acceptors (Lipinski definition) is 4. The lowest BCUT2D eigenvalue weighted by Crippen LogP contribution is -2.24. The summed E-state index contributed by atoms with van der Waals surface area (Å²) in [6.07, 6.45) is 1.74. The molecule has 24 heavy (non-hydrogen) atoms. The highest BCUT2D eigenvalue weighted by Gasteiger charge is 2.37. The van der Waals surface area contributed by atoms with Gasteiger partial charge in [-0.05, 0) is 48.7 Å². The molecule has 1 aliphatic heterocycles. The van der Waals surface area contributed by atoms with Crippen LogP contribution in [0.1, 0.15) is 11.8 Å². The number of nitrogens with zero attached hydrogens (tertiary/aromatic N) is 1. The number of allylic oxidation sites excluding steroid dienone is 1. The van der Waals surface area contributed by atoms with Gasteiger partial charge in [-0.3, -0.25) is 9.69 Å². The van der Waals surface area contributed by atoms with Gasteiger partial charge in [-0.25, -0.2) is 4.79 Å². The quantitative estimate of drug-likeness (QED) is 0.563. The summed E-state index contributed by atoms with van der Waals surface area (Å²) >= 11 is 4.89. The fourth-order valence-corrected chi connectivity index (χ4v) is 3.52. The molecule has 2 heterocycles.